The highest BCUT2D eigenvalue weighted by molar-refractivity contribution is 7.25. The van der Waals surface area contributed by atoms with E-state index >= 15 is 0 Å². The maximum atomic E-state index is 13.2. The summed E-state index contributed by atoms with van der Waals surface area (Å²) in [7, 11) is 0. The van der Waals surface area contributed by atoms with E-state index < -0.39 is 6.10 Å². The van der Waals surface area contributed by atoms with Crippen LogP contribution >= 0.6 is 11.3 Å². The molecule has 4 rings (SSSR count). The van der Waals surface area contributed by atoms with Crippen LogP contribution in [0.1, 0.15) is 34.1 Å². The Bertz CT molecular complexity index is 1170. The number of fused-ring (bicyclic) bond motifs is 3. The van der Waals surface area contributed by atoms with Gasteiger partial charge in [0.05, 0.1) is 6.10 Å². The number of aliphatic hydroxyl groups is 1. The van der Waals surface area contributed by atoms with E-state index in [0.29, 0.717) is 11.2 Å². The van der Waals surface area contributed by atoms with Gasteiger partial charge in [-0.05, 0) is 38.5 Å². The molecule has 0 bridgehead atoms. The molecule has 0 amide bonds. The van der Waals surface area contributed by atoms with Crippen LogP contribution in [0.4, 0.5) is 5.69 Å². The number of nitrogens with one attached hydrogen (secondary N) is 1. The predicted molar refractivity (Wildman–Crippen MR) is 125 cm³/mol. The molecule has 3 aromatic heterocycles. The first-order valence-corrected chi connectivity index (χ1v) is 10.8. The van der Waals surface area contributed by atoms with E-state index in [0.717, 1.165) is 33.4 Å². The first kappa shape index (κ1) is 21.0. The quantitative estimate of drug-likeness (QED) is 0.623. The van der Waals surface area contributed by atoms with E-state index in [-0.39, 0.29) is 5.56 Å². The Balaban J connectivity index is 0.00000117. The third-order valence-electron chi connectivity index (χ3n) is 4.58. The fourth-order valence-electron chi connectivity index (χ4n) is 3.19. The summed E-state index contributed by atoms with van der Waals surface area (Å²) in [5, 5.41) is 14.7. The van der Waals surface area contributed by atoms with Crippen molar-refractivity contribution in [3.8, 4) is 0 Å². The molecule has 6 heteroatoms. The van der Waals surface area contributed by atoms with E-state index in [4.69, 9.17) is 0 Å². The molecule has 0 saturated heterocycles. The lowest BCUT2D eigenvalue weighted by Gasteiger charge is -2.10. The van der Waals surface area contributed by atoms with Gasteiger partial charge in [0.25, 0.3) is 5.56 Å². The van der Waals surface area contributed by atoms with Crippen molar-refractivity contribution in [3.63, 3.8) is 0 Å². The number of hydrogen-bond acceptors (Lipinski definition) is 5. The Hall–Kier alpha value is -2.70. The summed E-state index contributed by atoms with van der Waals surface area (Å²) in [5.41, 5.74) is 2.92. The van der Waals surface area contributed by atoms with Crippen LogP contribution in [0.2, 0.25) is 0 Å². The van der Waals surface area contributed by atoms with Crippen LogP contribution in [0.25, 0.3) is 26.0 Å². The van der Waals surface area contributed by atoms with Crippen molar-refractivity contribution in [2.75, 3.05) is 11.9 Å². The Morgan fingerprint density at radius 2 is 2.07 bits per heavy atom. The fraction of sp³-hybridized carbons (Fsp3) is 0.304. The van der Waals surface area contributed by atoms with Crippen LogP contribution in [-0.2, 0) is 0 Å². The Labute approximate surface area is 174 Å². The Morgan fingerprint density at radius 1 is 1.28 bits per heavy atom. The van der Waals surface area contributed by atoms with E-state index in [1.165, 1.54) is 16.9 Å². The zero-order chi connectivity index (χ0) is 21.0. The first-order chi connectivity index (χ1) is 14.0. The van der Waals surface area contributed by atoms with Gasteiger partial charge in [-0.2, -0.15) is 0 Å². The van der Waals surface area contributed by atoms with Crippen LogP contribution in [0.15, 0.2) is 59.2 Å². The molecular weight excluding hydrogens is 382 g/mol. The van der Waals surface area contributed by atoms with Gasteiger partial charge < -0.3 is 10.4 Å². The monoisotopic (exact) mass is 409 g/mol. The molecule has 0 fully saturated rings. The number of thiophene rings is 1. The van der Waals surface area contributed by atoms with Gasteiger partial charge in [-0.3, -0.25) is 9.36 Å². The smallest absolute Gasteiger partial charge is 0.273 e. The van der Waals surface area contributed by atoms with Crippen molar-refractivity contribution in [2.24, 2.45) is 0 Å². The van der Waals surface area contributed by atoms with Gasteiger partial charge in [0.15, 0.2) is 0 Å². The molecule has 2 N–H and O–H groups in total. The van der Waals surface area contributed by atoms with Gasteiger partial charge in [-0.25, -0.2) is 4.98 Å². The molecule has 29 heavy (non-hydrogen) atoms. The largest absolute Gasteiger partial charge is 0.392 e. The molecule has 3 aromatic rings. The summed E-state index contributed by atoms with van der Waals surface area (Å²) in [5.74, 6) is 0. The minimum absolute atomic E-state index is 0.0348. The highest BCUT2D eigenvalue weighted by Gasteiger charge is 2.15. The van der Waals surface area contributed by atoms with Gasteiger partial charge >= 0.3 is 0 Å². The van der Waals surface area contributed by atoms with Crippen molar-refractivity contribution in [1.82, 2.24) is 9.55 Å². The van der Waals surface area contributed by atoms with Crippen molar-refractivity contribution in [1.29, 1.82) is 0 Å². The van der Waals surface area contributed by atoms with E-state index in [9.17, 15) is 9.90 Å². The molecule has 1 aliphatic carbocycles. The second-order valence-electron chi connectivity index (χ2n) is 6.75. The van der Waals surface area contributed by atoms with Crippen molar-refractivity contribution < 1.29 is 5.11 Å². The molecule has 5 nitrogen and oxygen atoms in total. The number of hydrogen-bond donors (Lipinski definition) is 2. The summed E-state index contributed by atoms with van der Waals surface area (Å²) in [4.78, 5) is 18.4. The zero-order valence-corrected chi connectivity index (χ0v) is 18.1. The van der Waals surface area contributed by atoms with Gasteiger partial charge in [0.1, 0.15) is 9.53 Å². The number of pyridine rings is 2. The normalized spacial score (nSPS) is 14.7. The van der Waals surface area contributed by atoms with Crippen LogP contribution in [0.5, 0.6) is 0 Å². The lowest BCUT2D eigenvalue weighted by molar-refractivity contribution is 0.208. The number of anilines is 1. The second kappa shape index (κ2) is 9.20. The number of allylic oxidation sites excluding steroid dienone is 6. The summed E-state index contributed by atoms with van der Waals surface area (Å²) in [6.07, 6.45) is 12.1. The molecule has 0 radical (unpaired) electrons. The van der Waals surface area contributed by atoms with Crippen LogP contribution in [0.3, 0.4) is 0 Å². The summed E-state index contributed by atoms with van der Waals surface area (Å²) < 4.78 is 2.39. The van der Waals surface area contributed by atoms with Gasteiger partial charge in [-0.15, -0.1) is 11.3 Å². The minimum atomic E-state index is -0.457. The standard InChI is InChI=1S/C21H21N3O2S.C2H6/c1-13-4-3-5-15(7-6-13)24-11-9-16-18-17(23-12-14(2)25)8-10-22-20(18)27-19(16)21(24)26;1-2/h4-11,14,25H,3,12H2,1-2H3,(H,22,23);1-2H3/t14-;/m1./s1. The molecule has 0 aliphatic heterocycles. The Kier molecular flexibility index (Phi) is 6.67. The summed E-state index contributed by atoms with van der Waals surface area (Å²) in [6, 6.07) is 3.86. The zero-order valence-electron chi connectivity index (χ0n) is 17.3. The van der Waals surface area contributed by atoms with Gasteiger partial charge in [0.2, 0.25) is 0 Å². The average Bonchev–Trinajstić information content (AvgIpc) is 2.98. The predicted octanol–water partition coefficient (Wildman–Crippen LogP) is 5.18. The molecule has 1 aliphatic rings. The minimum Gasteiger partial charge on any atom is -0.392 e. The maximum Gasteiger partial charge on any atom is 0.273 e. The second-order valence-corrected chi connectivity index (χ2v) is 7.75. The van der Waals surface area contributed by atoms with Gasteiger partial charge in [-0.1, -0.05) is 37.6 Å². The maximum absolute atomic E-state index is 13.2. The van der Waals surface area contributed by atoms with Crippen molar-refractivity contribution in [2.45, 2.75) is 40.2 Å². The van der Waals surface area contributed by atoms with Crippen molar-refractivity contribution >= 4 is 43.0 Å². The molecule has 0 spiro atoms. The van der Waals surface area contributed by atoms with E-state index in [1.54, 1.807) is 17.7 Å². The lowest BCUT2D eigenvalue weighted by Crippen LogP contribution is -2.17. The van der Waals surface area contributed by atoms with Gasteiger partial charge in [0, 0.05) is 41.1 Å². The summed E-state index contributed by atoms with van der Waals surface area (Å²) in [6.45, 7) is 8.23. The number of nitrogens with zero attached hydrogens (tertiary/aromatic N) is 2. The topological polar surface area (TPSA) is 67.2 Å². The van der Waals surface area contributed by atoms with Crippen molar-refractivity contribution in [3.05, 3.63) is 64.8 Å². The Morgan fingerprint density at radius 3 is 2.83 bits per heavy atom. The SMILES string of the molecule is CC.CC1=CCC=C(n2ccc3c(sc4nccc(NC[C@@H](C)O)c43)c2=O)C=C1. The van der Waals surface area contributed by atoms with Crippen LogP contribution in [-0.4, -0.2) is 27.3 Å². The van der Waals surface area contributed by atoms with E-state index in [2.05, 4.69) is 29.4 Å². The molecule has 0 unspecified atom stereocenters. The molecule has 152 valence electrons. The molecule has 1 atom stereocenters. The number of rotatable bonds is 4. The molecule has 0 aromatic carbocycles. The summed E-state index contributed by atoms with van der Waals surface area (Å²) >= 11 is 1.41. The third kappa shape index (κ3) is 4.33. The average molecular weight is 410 g/mol. The number of aliphatic hydroxyl groups excluding tert-OH is 1. The highest BCUT2D eigenvalue weighted by atomic mass is 32.1. The highest BCUT2D eigenvalue weighted by Crippen LogP contribution is 2.35. The first-order valence-electron chi connectivity index (χ1n) is 9.95. The number of aromatic nitrogens is 2. The molecule has 3 heterocycles. The van der Waals surface area contributed by atoms with Crippen LogP contribution in [0, 0.1) is 0 Å². The lowest BCUT2D eigenvalue weighted by atomic mass is 10.2. The van der Waals surface area contributed by atoms with Crippen LogP contribution < -0.4 is 10.9 Å². The third-order valence-corrected chi connectivity index (χ3v) is 5.68. The fourth-order valence-corrected chi connectivity index (χ4v) is 4.29. The molecule has 0 saturated carbocycles. The van der Waals surface area contributed by atoms with E-state index in [1.807, 2.05) is 44.3 Å². The molecular formula is C23H27N3O2S.